The maximum absolute atomic E-state index is 13.8. The molecule has 0 radical (unpaired) electrons. The van der Waals surface area contributed by atoms with Crippen molar-refractivity contribution in [1.82, 2.24) is 4.98 Å². The van der Waals surface area contributed by atoms with Crippen LogP contribution in [0.15, 0.2) is 41.0 Å². The second-order valence-electron chi connectivity index (χ2n) is 3.89. The molecule has 0 bridgehead atoms. The summed E-state index contributed by atoms with van der Waals surface area (Å²) in [6.45, 7) is 0. The Morgan fingerprint density at radius 3 is 2.83 bits per heavy atom. The molecule has 5 heteroatoms. The van der Waals surface area contributed by atoms with Crippen molar-refractivity contribution in [3.05, 3.63) is 63.1 Å². The van der Waals surface area contributed by atoms with Crippen LogP contribution in [0.4, 0.5) is 4.39 Å². The monoisotopic (exact) mass is 328 g/mol. The third-order valence-electron chi connectivity index (χ3n) is 2.61. The number of halogens is 3. The van der Waals surface area contributed by atoms with Gasteiger partial charge in [0.25, 0.3) is 0 Å². The molecule has 1 unspecified atom stereocenters. The van der Waals surface area contributed by atoms with E-state index in [1.165, 1.54) is 6.07 Å². The lowest BCUT2D eigenvalue weighted by molar-refractivity contribution is 0.589. The highest BCUT2D eigenvalue weighted by molar-refractivity contribution is 9.10. The predicted molar refractivity (Wildman–Crippen MR) is 74.0 cm³/mol. The summed E-state index contributed by atoms with van der Waals surface area (Å²) in [4.78, 5) is 4.20. The van der Waals surface area contributed by atoms with Crippen molar-refractivity contribution in [3.63, 3.8) is 0 Å². The van der Waals surface area contributed by atoms with E-state index in [-0.39, 0.29) is 11.1 Å². The molecule has 0 spiro atoms. The van der Waals surface area contributed by atoms with Crippen LogP contribution in [0.25, 0.3) is 0 Å². The molecule has 0 amide bonds. The van der Waals surface area contributed by atoms with Crippen LogP contribution in [-0.4, -0.2) is 4.98 Å². The smallest absolute Gasteiger partial charge is 0.145 e. The normalized spacial score (nSPS) is 12.4. The van der Waals surface area contributed by atoms with E-state index in [0.29, 0.717) is 17.7 Å². The fourth-order valence-electron chi connectivity index (χ4n) is 1.71. The maximum Gasteiger partial charge on any atom is 0.145 e. The molecule has 1 atom stereocenters. The van der Waals surface area contributed by atoms with Gasteiger partial charge in [0.15, 0.2) is 0 Å². The van der Waals surface area contributed by atoms with Crippen LogP contribution in [0.3, 0.4) is 0 Å². The standard InChI is InChI=1S/C13H11BrClFN2/c14-9-4-2-6-18-13(9)11(17)7-8-3-1-5-10(15)12(8)16/h1-6,11H,7,17H2. The summed E-state index contributed by atoms with van der Waals surface area (Å²) in [5, 5.41) is 0.111. The van der Waals surface area contributed by atoms with Crippen LogP contribution in [0.1, 0.15) is 17.3 Å². The first-order chi connectivity index (χ1) is 8.59. The van der Waals surface area contributed by atoms with Crippen molar-refractivity contribution in [2.45, 2.75) is 12.5 Å². The lowest BCUT2D eigenvalue weighted by Crippen LogP contribution is -2.16. The van der Waals surface area contributed by atoms with E-state index in [9.17, 15) is 4.39 Å². The van der Waals surface area contributed by atoms with Crippen LogP contribution in [0.2, 0.25) is 5.02 Å². The molecule has 0 aliphatic carbocycles. The molecule has 1 aromatic heterocycles. The second-order valence-corrected chi connectivity index (χ2v) is 5.16. The SMILES string of the molecule is NC(Cc1cccc(Cl)c1F)c1ncccc1Br. The minimum Gasteiger partial charge on any atom is -0.322 e. The van der Waals surface area contributed by atoms with E-state index in [2.05, 4.69) is 20.9 Å². The van der Waals surface area contributed by atoms with E-state index in [1.807, 2.05) is 6.07 Å². The number of aromatic nitrogens is 1. The van der Waals surface area contributed by atoms with Crippen molar-refractivity contribution in [2.24, 2.45) is 5.73 Å². The average molecular weight is 330 g/mol. The molecular weight excluding hydrogens is 319 g/mol. The van der Waals surface area contributed by atoms with Crippen molar-refractivity contribution in [3.8, 4) is 0 Å². The number of benzene rings is 1. The molecule has 0 saturated carbocycles. The fourth-order valence-corrected chi connectivity index (χ4v) is 2.45. The van der Waals surface area contributed by atoms with Crippen LogP contribution in [0, 0.1) is 5.82 Å². The lowest BCUT2D eigenvalue weighted by Gasteiger charge is -2.13. The molecule has 0 saturated heterocycles. The number of rotatable bonds is 3. The van der Waals surface area contributed by atoms with Crippen molar-refractivity contribution >= 4 is 27.5 Å². The van der Waals surface area contributed by atoms with Gasteiger partial charge in [0.1, 0.15) is 5.82 Å². The first kappa shape index (κ1) is 13.5. The number of hydrogen-bond donors (Lipinski definition) is 1. The Balaban J connectivity index is 2.24. The predicted octanol–water partition coefficient (Wildman–Crippen LogP) is 3.88. The van der Waals surface area contributed by atoms with Crippen molar-refractivity contribution < 1.29 is 4.39 Å². The van der Waals surface area contributed by atoms with Crippen molar-refractivity contribution in [1.29, 1.82) is 0 Å². The Bertz CT molecular complexity index is 562. The highest BCUT2D eigenvalue weighted by Crippen LogP contribution is 2.25. The molecule has 18 heavy (non-hydrogen) atoms. The third kappa shape index (κ3) is 2.88. The summed E-state index contributed by atoms with van der Waals surface area (Å²) >= 11 is 9.11. The zero-order valence-corrected chi connectivity index (χ0v) is 11.7. The molecule has 1 aromatic carbocycles. The lowest BCUT2D eigenvalue weighted by atomic mass is 10.0. The van der Waals surface area contributed by atoms with Crippen LogP contribution in [0.5, 0.6) is 0 Å². The summed E-state index contributed by atoms with van der Waals surface area (Å²) < 4.78 is 14.6. The number of hydrogen-bond acceptors (Lipinski definition) is 2. The Kier molecular flexibility index (Phi) is 4.32. The molecule has 0 aliphatic heterocycles. The third-order valence-corrected chi connectivity index (χ3v) is 3.57. The van der Waals surface area contributed by atoms with Gasteiger partial charge in [-0.25, -0.2) is 4.39 Å². The molecule has 1 heterocycles. The molecule has 94 valence electrons. The van der Waals surface area contributed by atoms with E-state index in [4.69, 9.17) is 17.3 Å². The Labute approximate surface area is 118 Å². The van der Waals surface area contributed by atoms with E-state index in [0.717, 1.165) is 4.47 Å². The summed E-state index contributed by atoms with van der Waals surface area (Å²) in [6, 6.07) is 8.19. The highest BCUT2D eigenvalue weighted by atomic mass is 79.9. The van der Waals surface area contributed by atoms with Gasteiger partial charge in [-0.2, -0.15) is 0 Å². The van der Waals surface area contributed by atoms with Crippen molar-refractivity contribution in [2.75, 3.05) is 0 Å². The molecule has 0 aliphatic rings. The molecular formula is C13H11BrClFN2. The van der Waals surface area contributed by atoms with Gasteiger partial charge in [-0.15, -0.1) is 0 Å². The fraction of sp³-hybridized carbons (Fsp3) is 0.154. The maximum atomic E-state index is 13.8. The van der Waals surface area contributed by atoms with Crippen LogP contribution < -0.4 is 5.73 Å². The van der Waals surface area contributed by atoms with Gasteiger partial charge < -0.3 is 5.73 Å². The van der Waals surface area contributed by atoms with Gasteiger partial charge in [-0.1, -0.05) is 23.7 Å². The summed E-state index contributed by atoms with van der Waals surface area (Å²) in [7, 11) is 0. The van der Waals surface area contributed by atoms with Crippen LogP contribution in [-0.2, 0) is 6.42 Å². The number of nitrogens with two attached hydrogens (primary N) is 1. The van der Waals surface area contributed by atoms with Gasteiger partial charge in [-0.05, 0) is 46.1 Å². The quantitative estimate of drug-likeness (QED) is 0.928. The largest absolute Gasteiger partial charge is 0.322 e. The van der Waals surface area contributed by atoms with E-state index >= 15 is 0 Å². The van der Waals surface area contributed by atoms with Gasteiger partial charge in [0.2, 0.25) is 0 Å². The first-order valence-electron chi connectivity index (χ1n) is 5.38. The van der Waals surface area contributed by atoms with Gasteiger partial charge in [0, 0.05) is 10.7 Å². The molecule has 2 rings (SSSR count). The molecule has 0 fully saturated rings. The number of nitrogens with zero attached hydrogens (tertiary/aromatic N) is 1. The van der Waals surface area contributed by atoms with E-state index < -0.39 is 5.82 Å². The van der Waals surface area contributed by atoms with E-state index in [1.54, 1.807) is 24.4 Å². The zero-order chi connectivity index (χ0) is 13.1. The van der Waals surface area contributed by atoms with Gasteiger partial charge >= 0.3 is 0 Å². The first-order valence-corrected chi connectivity index (χ1v) is 6.55. The average Bonchev–Trinajstić information content (AvgIpc) is 2.35. The topological polar surface area (TPSA) is 38.9 Å². The Morgan fingerprint density at radius 2 is 2.11 bits per heavy atom. The molecule has 2 nitrogen and oxygen atoms in total. The second kappa shape index (κ2) is 5.78. The zero-order valence-electron chi connectivity index (χ0n) is 9.41. The Hall–Kier alpha value is -0.970. The minimum absolute atomic E-state index is 0.111. The molecule has 2 aromatic rings. The highest BCUT2D eigenvalue weighted by Gasteiger charge is 2.15. The van der Waals surface area contributed by atoms with Gasteiger partial charge in [0.05, 0.1) is 16.8 Å². The van der Waals surface area contributed by atoms with Crippen LogP contribution >= 0.6 is 27.5 Å². The minimum atomic E-state index is -0.415. The Morgan fingerprint density at radius 1 is 1.33 bits per heavy atom. The summed E-state index contributed by atoms with van der Waals surface area (Å²) in [5.74, 6) is -0.415. The summed E-state index contributed by atoms with van der Waals surface area (Å²) in [5.41, 5.74) is 7.24. The summed E-state index contributed by atoms with van der Waals surface area (Å²) in [6.07, 6.45) is 2.01. The van der Waals surface area contributed by atoms with Gasteiger partial charge in [-0.3, -0.25) is 4.98 Å². The number of pyridine rings is 1. The molecule has 2 N–H and O–H groups in total.